The van der Waals surface area contributed by atoms with Gasteiger partial charge in [0.2, 0.25) is 0 Å². The minimum absolute atomic E-state index is 0.349. The predicted octanol–water partition coefficient (Wildman–Crippen LogP) is 3.37. The molecule has 0 unspecified atom stereocenters. The average molecular weight is 329 g/mol. The number of nitrogens with one attached hydrogen (secondary N) is 1. The lowest BCUT2D eigenvalue weighted by molar-refractivity contribution is 0.0213. The molecule has 0 saturated carbocycles. The second kappa shape index (κ2) is 7.30. The van der Waals surface area contributed by atoms with Crippen LogP contribution in [0.4, 0.5) is 0 Å². The summed E-state index contributed by atoms with van der Waals surface area (Å²) < 4.78 is 5.54. The fraction of sp³-hybridized carbons (Fsp3) is 0.625. The Morgan fingerprint density at radius 3 is 2.57 bits per heavy atom. The van der Waals surface area contributed by atoms with Crippen molar-refractivity contribution in [3.05, 3.63) is 33.8 Å². The Hall–Kier alpha value is -0.320. The molecule has 5 heteroatoms. The van der Waals surface area contributed by atoms with Gasteiger partial charge in [-0.1, -0.05) is 23.2 Å². The van der Waals surface area contributed by atoms with Gasteiger partial charge < -0.3 is 10.1 Å². The molecule has 3 rings (SSSR count). The molecule has 0 aliphatic carbocycles. The van der Waals surface area contributed by atoms with E-state index in [-0.39, 0.29) is 0 Å². The van der Waals surface area contributed by atoms with Gasteiger partial charge in [-0.05, 0) is 42.5 Å². The van der Waals surface area contributed by atoms with E-state index in [4.69, 9.17) is 27.9 Å². The summed E-state index contributed by atoms with van der Waals surface area (Å²) in [6.07, 6.45) is 2.19. The van der Waals surface area contributed by atoms with Crippen molar-refractivity contribution in [3.63, 3.8) is 0 Å². The molecule has 3 nitrogen and oxygen atoms in total. The zero-order valence-corrected chi connectivity index (χ0v) is 13.7. The summed E-state index contributed by atoms with van der Waals surface area (Å²) in [4.78, 5) is 2.56. The van der Waals surface area contributed by atoms with E-state index in [1.807, 2.05) is 18.2 Å². The highest BCUT2D eigenvalue weighted by atomic mass is 35.5. The fourth-order valence-corrected chi connectivity index (χ4v) is 3.89. The molecule has 2 saturated heterocycles. The van der Waals surface area contributed by atoms with Gasteiger partial charge in [0.1, 0.15) is 0 Å². The van der Waals surface area contributed by atoms with E-state index in [1.165, 1.54) is 5.56 Å². The zero-order valence-electron chi connectivity index (χ0n) is 12.2. The minimum Gasteiger partial charge on any atom is -0.381 e. The first-order chi connectivity index (χ1) is 10.3. The van der Waals surface area contributed by atoms with Gasteiger partial charge in [-0.3, -0.25) is 4.90 Å². The Morgan fingerprint density at radius 1 is 1.14 bits per heavy atom. The average Bonchev–Trinajstić information content (AvgIpc) is 2.53. The van der Waals surface area contributed by atoms with Crippen LogP contribution in [0.15, 0.2) is 18.2 Å². The number of ether oxygens (including phenoxy) is 1. The Bertz CT molecular complexity index is 453. The largest absolute Gasteiger partial charge is 0.381 e. The third-order valence-corrected chi connectivity index (χ3v) is 5.11. The summed E-state index contributed by atoms with van der Waals surface area (Å²) in [5.41, 5.74) is 1.18. The molecule has 1 aromatic rings. The smallest absolute Gasteiger partial charge is 0.0469 e. The summed E-state index contributed by atoms with van der Waals surface area (Å²) in [7, 11) is 0. The summed E-state index contributed by atoms with van der Waals surface area (Å²) in [6.45, 7) is 5.91. The van der Waals surface area contributed by atoms with Crippen LogP contribution in [-0.2, 0) is 4.74 Å². The Kier molecular flexibility index (Phi) is 5.41. The van der Waals surface area contributed by atoms with Crippen LogP contribution in [0.3, 0.4) is 0 Å². The molecule has 0 amide bonds. The highest BCUT2D eigenvalue weighted by Gasteiger charge is 2.32. The summed E-state index contributed by atoms with van der Waals surface area (Å²) >= 11 is 12.7. The lowest BCUT2D eigenvalue weighted by Crippen LogP contribution is -2.47. The number of piperazine rings is 1. The van der Waals surface area contributed by atoms with Crippen molar-refractivity contribution < 1.29 is 4.74 Å². The number of hydrogen-bond donors (Lipinski definition) is 1. The lowest BCUT2D eigenvalue weighted by Gasteiger charge is -2.41. The van der Waals surface area contributed by atoms with Crippen LogP contribution in [0, 0.1) is 5.92 Å². The minimum atomic E-state index is 0.349. The Balaban J connectivity index is 1.91. The monoisotopic (exact) mass is 328 g/mol. The molecule has 116 valence electrons. The zero-order chi connectivity index (χ0) is 14.7. The van der Waals surface area contributed by atoms with Gasteiger partial charge in [0, 0.05) is 55.5 Å². The van der Waals surface area contributed by atoms with Crippen molar-refractivity contribution in [2.45, 2.75) is 18.9 Å². The van der Waals surface area contributed by atoms with Crippen molar-refractivity contribution in [1.29, 1.82) is 0 Å². The number of nitrogens with zero attached hydrogens (tertiary/aromatic N) is 1. The molecule has 0 bridgehead atoms. The molecule has 2 aliphatic rings. The topological polar surface area (TPSA) is 24.5 Å². The summed E-state index contributed by atoms with van der Waals surface area (Å²) in [6, 6.07) is 6.19. The van der Waals surface area contributed by atoms with Crippen molar-refractivity contribution in [3.8, 4) is 0 Å². The van der Waals surface area contributed by atoms with E-state index in [9.17, 15) is 0 Å². The normalized spacial score (nSPS) is 23.1. The van der Waals surface area contributed by atoms with Crippen LogP contribution < -0.4 is 5.32 Å². The lowest BCUT2D eigenvalue weighted by atomic mass is 9.85. The maximum absolute atomic E-state index is 6.50. The molecule has 2 heterocycles. The van der Waals surface area contributed by atoms with Crippen LogP contribution in [0.5, 0.6) is 0 Å². The maximum Gasteiger partial charge on any atom is 0.0469 e. The van der Waals surface area contributed by atoms with E-state index in [0.29, 0.717) is 12.0 Å². The predicted molar refractivity (Wildman–Crippen MR) is 87.2 cm³/mol. The van der Waals surface area contributed by atoms with Gasteiger partial charge in [0.05, 0.1) is 0 Å². The first-order valence-corrected chi connectivity index (χ1v) is 8.49. The fourth-order valence-electron chi connectivity index (χ4n) is 3.48. The molecule has 1 atom stereocenters. The summed E-state index contributed by atoms with van der Waals surface area (Å²) in [5.74, 6) is 0.591. The number of benzene rings is 1. The first-order valence-electron chi connectivity index (χ1n) is 7.73. The molecular formula is C16H22Cl2N2O. The van der Waals surface area contributed by atoms with Gasteiger partial charge >= 0.3 is 0 Å². The van der Waals surface area contributed by atoms with E-state index < -0.39 is 0 Å². The van der Waals surface area contributed by atoms with Crippen molar-refractivity contribution in [2.75, 3.05) is 39.4 Å². The second-order valence-corrected chi connectivity index (χ2v) is 6.69. The number of rotatable bonds is 3. The van der Waals surface area contributed by atoms with Crippen molar-refractivity contribution in [2.24, 2.45) is 5.92 Å². The van der Waals surface area contributed by atoms with Gasteiger partial charge in [0.25, 0.3) is 0 Å². The van der Waals surface area contributed by atoms with Crippen molar-refractivity contribution >= 4 is 23.2 Å². The van der Waals surface area contributed by atoms with Gasteiger partial charge in [-0.2, -0.15) is 0 Å². The second-order valence-electron chi connectivity index (χ2n) is 5.85. The van der Waals surface area contributed by atoms with Crippen LogP contribution in [0.2, 0.25) is 10.0 Å². The highest BCUT2D eigenvalue weighted by molar-refractivity contribution is 6.33. The van der Waals surface area contributed by atoms with E-state index in [1.54, 1.807) is 0 Å². The van der Waals surface area contributed by atoms with Gasteiger partial charge in [0.15, 0.2) is 0 Å². The number of halogens is 2. The Morgan fingerprint density at radius 2 is 1.86 bits per heavy atom. The molecular weight excluding hydrogens is 307 g/mol. The maximum atomic E-state index is 6.50. The molecule has 0 aromatic heterocycles. The van der Waals surface area contributed by atoms with Crippen LogP contribution in [0.25, 0.3) is 0 Å². The number of hydrogen-bond acceptors (Lipinski definition) is 3. The van der Waals surface area contributed by atoms with E-state index >= 15 is 0 Å². The van der Waals surface area contributed by atoms with Crippen LogP contribution in [0.1, 0.15) is 24.4 Å². The molecule has 2 fully saturated rings. The quantitative estimate of drug-likeness (QED) is 0.920. The van der Waals surface area contributed by atoms with Crippen LogP contribution >= 0.6 is 23.2 Å². The molecule has 2 aliphatic heterocycles. The molecule has 1 N–H and O–H groups in total. The molecule has 1 aromatic carbocycles. The summed E-state index contributed by atoms with van der Waals surface area (Å²) in [5, 5.41) is 5.02. The highest BCUT2D eigenvalue weighted by Crippen LogP contribution is 2.39. The molecule has 0 radical (unpaired) electrons. The Labute approximate surface area is 136 Å². The van der Waals surface area contributed by atoms with Crippen molar-refractivity contribution in [1.82, 2.24) is 10.2 Å². The molecule has 21 heavy (non-hydrogen) atoms. The first kappa shape index (κ1) is 15.6. The van der Waals surface area contributed by atoms with Gasteiger partial charge in [-0.25, -0.2) is 0 Å². The standard InChI is InChI=1S/C16H22Cl2N2O/c17-13-1-2-15(18)14(11-13)16(12-3-9-21-10-4-12)20-7-5-19-6-8-20/h1-2,11-12,16,19H,3-10H2/t16-/m1/s1. The van der Waals surface area contributed by atoms with E-state index in [0.717, 1.165) is 62.3 Å². The van der Waals surface area contributed by atoms with Crippen LogP contribution in [-0.4, -0.2) is 44.3 Å². The van der Waals surface area contributed by atoms with Gasteiger partial charge in [-0.15, -0.1) is 0 Å². The van der Waals surface area contributed by atoms with E-state index in [2.05, 4.69) is 10.2 Å². The SMILES string of the molecule is Clc1ccc(Cl)c([C@@H](C2CCOCC2)N2CCNCC2)c1. The molecule has 0 spiro atoms. The third kappa shape index (κ3) is 3.72. The third-order valence-electron chi connectivity index (χ3n) is 4.53.